The van der Waals surface area contributed by atoms with E-state index < -0.39 is 16.3 Å². The normalized spacial score (nSPS) is 23.5. The molecule has 7 heteroatoms. The van der Waals surface area contributed by atoms with Gasteiger partial charge in [0.05, 0.1) is 11.5 Å². The fourth-order valence-corrected chi connectivity index (χ4v) is 3.60. The van der Waals surface area contributed by atoms with Crippen LogP contribution in [0.2, 0.25) is 0 Å². The van der Waals surface area contributed by atoms with Crippen molar-refractivity contribution in [3.63, 3.8) is 0 Å². The summed E-state index contributed by atoms with van der Waals surface area (Å²) < 4.78 is 41.7. The van der Waals surface area contributed by atoms with Crippen LogP contribution in [0.25, 0.3) is 0 Å². The van der Waals surface area contributed by atoms with E-state index in [9.17, 15) is 8.42 Å². The number of benzene rings is 1. The highest BCUT2D eigenvalue weighted by Crippen LogP contribution is 2.35. The molecule has 1 saturated heterocycles. The molecule has 3 rings (SSSR count). The van der Waals surface area contributed by atoms with E-state index in [0.717, 1.165) is 0 Å². The molecule has 0 aromatic heterocycles. The monoisotopic (exact) mass is 271 g/mol. The van der Waals surface area contributed by atoms with Crippen molar-refractivity contribution in [2.24, 2.45) is 0 Å². The summed E-state index contributed by atoms with van der Waals surface area (Å²) in [6.45, 7) is 2.64. The molecule has 1 unspecified atom stereocenters. The van der Waals surface area contributed by atoms with Crippen molar-refractivity contribution in [2.75, 3.05) is 19.9 Å². The maximum atomic E-state index is 12.4. The number of nitrogens with zero attached hydrogens (tertiary/aromatic N) is 1. The maximum Gasteiger partial charge on any atom is 0.245 e. The summed E-state index contributed by atoms with van der Waals surface area (Å²) in [4.78, 5) is 0.198. The van der Waals surface area contributed by atoms with E-state index in [1.807, 2.05) is 0 Å². The van der Waals surface area contributed by atoms with E-state index in [-0.39, 0.29) is 11.7 Å². The summed E-state index contributed by atoms with van der Waals surface area (Å²) in [5, 5.41) is 0. The molecule has 0 aliphatic carbocycles. The van der Waals surface area contributed by atoms with Crippen molar-refractivity contribution in [2.45, 2.75) is 18.0 Å². The first-order chi connectivity index (χ1) is 8.59. The second-order valence-electron chi connectivity index (χ2n) is 4.10. The lowest BCUT2D eigenvalue weighted by Gasteiger charge is -2.19. The van der Waals surface area contributed by atoms with Crippen molar-refractivity contribution < 1.29 is 22.6 Å². The van der Waals surface area contributed by atoms with Gasteiger partial charge in [-0.15, -0.1) is 0 Å². The third-order valence-electron chi connectivity index (χ3n) is 3.03. The highest BCUT2D eigenvalue weighted by molar-refractivity contribution is 7.89. The second kappa shape index (κ2) is 4.11. The predicted octanol–water partition coefficient (Wildman–Crippen LogP) is 0.782. The van der Waals surface area contributed by atoms with Gasteiger partial charge >= 0.3 is 0 Å². The number of sulfonamides is 1. The molecule has 0 spiro atoms. The van der Waals surface area contributed by atoms with Crippen molar-refractivity contribution in [3.8, 4) is 11.5 Å². The average Bonchev–Trinajstić information content (AvgIpc) is 2.95. The fraction of sp³-hybridized carbons (Fsp3) is 0.455. The summed E-state index contributed by atoms with van der Waals surface area (Å²) in [6, 6.07) is 4.62. The number of hydrogen-bond acceptors (Lipinski definition) is 5. The third kappa shape index (κ3) is 1.75. The smallest absolute Gasteiger partial charge is 0.245 e. The van der Waals surface area contributed by atoms with E-state index in [1.54, 1.807) is 13.0 Å². The lowest BCUT2D eigenvalue weighted by Crippen LogP contribution is -2.34. The zero-order valence-electron chi connectivity index (χ0n) is 9.83. The van der Waals surface area contributed by atoms with Gasteiger partial charge in [0.2, 0.25) is 16.8 Å². The van der Waals surface area contributed by atoms with Gasteiger partial charge in [0.25, 0.3) is 0 Å². The van der Waals surface area contributed by atoms with E-state index in [0.29, 0.717) is 24.7 Å². The van der Waals surface area contributed by atoms with Crippen LogP contribution in [0, 0.1) is 0 Å². The van der Waals surface area contributed by atoms with Crippen LogP contribution in [0.15, 0.2) is 23.1 Å². The van der Waals surface area contributed by atoms with Crippen molar-refractivity contribution in [1.82, 2.24) is 4.31 Å². The Labute approximate surface area is 105 Å². The average molecular weight is 271 g/mol. The molecule has 2 heterocycles. The van der Waals surface area contributed by atoms with Gasteiger partial charge in [-0.1, -0.05) is 0 Å². The highest BCUT2D eigenvalue weighted by Gasteiger charge is 2.34. The fourth-order valence-electron chi connectivity index (χ4n) is 2.07. The first-order valence-electron chi connectivity index (χ1n) is 5.62. The first-order valence-corrected chi connectivity index (χ1v) is 7.06. The summed E-state index contributed by atoms with van der Waals surface area (Å²) >= 11 is 0. The Balaban J connectivity index is 1.99. The Bertz CT molecular complexity index is 571. The van der Waals surface area contributed by atoms with E-state index in [1.165, 1.54) is 16.4 Å². The number of hydrogen-bond donors (Lipinski definition) is 0. The predicted molar refractivity (Wildman–Crippen MR) is 61.9 cm³/mol. The third-order valence-corrected chi connectivity index (χ3v) is 4.97. The Hall–Kier alpha value is -1.31. The molecule has 18 heavy (non-hydrogen) atoms. The maximum absolute atomic E-state index is 12.4. The summed E-state index contributed by atoms with van der Waals surface area (Å²) in [6.07, 6.45) is -0.430. The molecule has 0 N–H and O–H groups in total. The Morgan fingerprint density at radius 2 is 2.06 bits per heavy atom. The molecule has 1 fully saturated rings. The van der Waals surface area contributed by atoms with Crippen molar-refractivity contribution in [3.05, 3.63) is 18.2 Å². The van der Waals surface area contributed by atoms with Gasteiger partial charge < -0.3 is 14.2 Å². The van der Waals surface area contributed by atoms with Crippen molar-refractivity contribution >= 4 is 10.0 Å². The lowest BCUT2D eigenvalue weighted by molar-refractivity contribution is 0.0846. The van der Waals surface area contributed by atoms with E-state index >= 15 is 0 Å². The standard InChI is InChI=1S/C11H13NO5S/c1-8-12(4-5-15-8)18(13,14)9-2-3-10-11(6-9)17-7-16-10/h2-3,6,8H,4-5,7H2,1H3. The van der Waals surface area contributed by atoms with Gasteiger partial charge in [-0.3, -0.25) is 0 Å². The molecule has 98 valence electrons. The van der Waals surface area contributed by atoms with Crippen LogP contribution in [0.5, 0.6) is 11.5 Å². The zero-order valence-corrected chi connectivity index (χ0v) is 10.6. The quantitative estimate of drug-likeness (QED) is 0.795. The molecule has 2 aliphatic rings. The van der Waals surface area contributed by atoms with Gasteiger partial charge in [-0.2, -0.15) is 4.31 Å². The number of rotatable bonds is 2. The second-order valence-corrected chi connectivity index (χ2v) is 5.99. The van der Waals surface area contributed by atoms with Crippen LogP contribution in [0.3, 0.4) is 0 Å². The largest absolute Gasteiger partial charge is 0.454 e. The summed E-state index contributed by atoms with van der Waals surface area (Å²) in [7, 11) is -3.54. The van der Waals surface area contributed by atoms with Gasteiger partial charge in [0.1, 0.15) is 6.23 Å². The SMILES string of the molecule is CC1OCCN1S(=O)(=O)c1ccc2c(c1)OCO2. The zero-order chi connectivity index (χ0) is 12.8. The molecule has 1 aromatic rings. The minimum absolute atomic E-state index is 0.127. The van der Waals surface area contributed by atoms with Gasteiger partial charge in [0, 0.05) is 12.6 Å². The molecule has 6 nitrogen and oxygen atoms in total. The van der Waals surface area contributed by atoms with Crippen molar-refractivity contribution in [1.29, 1.82) is 0 Å². The van der Waals surface area contributed by atoms with Gasteiger partial charge in [0.15, 0.2) is 11.5 Å². The van der Waals surface area contributed by atoms with Crippen LogP contribution >= 0.6 is 0 Å². The first kappa shape index (κ1) is 11.8. The Morgan fingerprint density at radius 1 is 1.28 bits per heavy atom. The molecular formula is C11H13NO5S. The Morgan fingerprint density at radius 3 is 2.78 bits per heavy atom. The summed E-state index contributed by atoms with van der Waals surface area (Å²) in [5.41, 5.74) is 0. The van der Waals surface area contributed by atoms with E-state index in [2.05, 4.69) is 0 Å². The van der Waals surface area contributed by atoms with E-state index in [4.69, 9.17) is 14.2 Å². The summed E-state index contributed by atoms with van der Waals surface area (Å²) in [5.74, 6) is 1.03. The van der Waals surface area contributed by atoms with Gasteiger partial charge in [-0.05, 0) is 19.1 Å². The minimum Gasteiger partial charge on any atom is -0.454 e. The lowest BCUT2D eigenvalue weighted by atomic mass is 10.3. The van der Waals surface area contributed by atoms with Crippen LogP contribution in [0.4, 0.5) is 0 Å². The molecule has 0 bridgehead atoms. The van der Waals surface area contributed by atoms with Crippen LogP contribution in [-0.4, -0.2) is 38.9 Å². The topological polar surface area (TPSA) is 65.1 Å². The molecule has 0 amide bonds. The van der Waals surface area contributed by atoms with Crippen LogP contribution < -0.4 is 9.47 Å². The molecular weight excluding hydrogens is 258 g/mol. The van der Waals surface area contributed by atoms with Gasteiger partial charge in [-0.25, -0.2) is 8.42 Å². The molecule has 0 saturated carbocycles. The molecule has 1 atom stereocenters. The Kier molecular flexibility index (Phi) is 2.69. The number of fused-ring (bicyclic) bond motifs is 1. The molecule has 1 aromatic carbocycles. The minimum atomic E-state index is -3.54. The molecule has 0 radical (unpaired) electrons. The van der Waals surface area contributed by atoms with Crippen LogP contribution in [-0.2, 0) is 14.8 Å². The highest BCUT2D eigenvalue weighted by atomic mass is 32.2. The number of ether oxygens (including phenoxy) is 3. The van der Waals surface area contributed by atoms with Crippen LogP contribution in [0.1, 0.15) is 6.92 Å². The molecule has 2 aliphatic heterocycles.